The smallest absolute Gasteiger partial charge is 0.305 e. The summed E-state index contributed by atoms with van der Waals surface area (Å²) < 4.78 is 26.3. The van der Waals surface area contributed by atoms with Crippen LogP contribution in [-0.4, -0.2) is 28.4 Å². The quantitative estimate of drug-likeness (QED) is 0.818. The van der Waals surface area contributed by atoms with E-state index in [1.165, 1.54) is 11.0 Å². The predicted molar refractivity (Wildman–Crippen MR) is 80.5 cm³/mol. The van der Waals surface area contributed by atoms with E-state index in [1.807, 2.05) is 12.2 Å². The van der Waals surface area contributed by atoms with Gasteiger partial charge in [-0.3, -0.25) is 9.59 Å². The Kier molecular flexibility index (Phi) is 5.84. The molecule has 1 aliphatic carbocycles. The standard InChI is InChI=1S/C17H19F2NO3/c18-14-7-6-12(10-15(14)19)11-20(9-8-16(21)22)17(23)13-4-2-1-3-5-13/h1-2,6-7,10,13H,3-5,8-9,11H2,(H,21,22). The molecule has 6 heteroatoms. The van der Waals surface area contributed by atoms with E-state index in [0.717, 1.165) is 25.0 Å². The zero-order chi connectivity index (χ0) is 16.8. The van der Waals surface area contributed by atoms with Gasteiger partial charge in [0.2, 0.25) is 5.91 Å². The van der Waals surface area contributed by atoms with Gasteiger partial charge in [0, 0.05) is 19.0 Å². The average molecular weight is 323 g/mol. The third-order valence-corrected chi connectivity index (χ3v) is 3.88. The molecular weight excluding hydrogens is 304 g/mol. The molecule has 0 bridgehead atoms. The summed E-state index contributed by atoms with van der Waals surface area (Å²) in [6.45, 7) is 0.122. The van der Waals surface area contributed by atoms with Crippen LogP contribution < -0.4 is 0 Å². The molecule has 0 fully saturated rings. The van der Waals surface area contributed by atoms with Crippen molar-refractivity contribution in [3.63, 3.8) is 0 Å². The number of carboxylic acids is 1. The first kappa shape index (κ1) is 17.1. The minimum absolute atomic E-state index is 0.0490. The third kappa shape index (κ3) is 4.87. The second kappa shape index (κ2) is 7.85. The van der Waals surface area contributed by atoms with Gasteiger partial charge in [-0.1, -0.05) is 18.2 Å². The van der Waals surface area contributed by atoms with Crippen LogP contribution in [0.4, 0.5) is 8.78 Å². The van der Waals surface area contributed by atoms with Crippen molar-refractivity contribution >= 4 is 11.9 Å². The average Bonchev–Trinajstić information content (AvgIpc) is 2.54. The van der Waals surface area contributed by atoms with Gasteiger partial charge in [-0.2, -0.15) is 0 Å². The van der Waals surface area contributed by atoms with Gasteiger partial charge in [0.15, 0.2) is 11.6 Å². The molecule has 0 spiro atoms. The number of carbonyl (C=O) groups excluding carboxylic acids is 1. The summed E-state index contributed by atoms with van der Waals surface area (Å²) in [5, 5.41) is 8.84. The molecule has 1 aliphatic rings. The Labute approximate surface area is 133 Å². The van der Waals surface area contributed by atoms with Crippen molar-refractivity contribution in [3.05, 3.63) is 47.5 Å². The Bertz CT molecular complexity index is 616. The van der Waals surface area contributed by atoms with Gasteiger partial charge in [-0.05, 0) is 37.0 Å². The molecule has 1 atom stereocenters. The van der Waals surface area contributed by atoms with Crippen LogP contribution in [-0.2, 0) is 16.1 Å². The first-order valence-corrected chi connectivity index (χ1v) is 7.57. The minimum Gasteiger partial charge on any atom is -0.481 e. The number of allylic oxidation sites excluding steroid dienone is 2. The molecule has 1 amide bonds. The molecule has 0 aromatic heterocycles. The molecule has 0 saturated carbocycles. The summed E-state index contributed by atoms with van der Waals surface area (Å²) in [4.78, 5) is 24.8. The maximum absolute atomic E-state index is 13.3. The second-order valence-electron chi connectivity index (χ2n) is 5.63. The molecule has 1 aromatic rings. The number of carbonyl (C=O) groups is 2. The molecule has 124 valence electrons. The topological polar surface area (TPSA) is 57.6 Å². The Morgan fingerprint density at radius 3 is 2.61 bits per heavy atom. The van der Waals surface area contributed by atoms with E-state index < -0.39 is 17.6 Å². The lowest BCUT2D eigenvalue weighted by Gasteiger charge is -2.27. The molecule has 0 radical (unpaired) electrons. The maximum atomic E-state index is 13.3. The van der Waals surface area contributed by atoms with Gasteiger partial charge in [0.1, 0.15) is 0 Å². The van der Waals surface area contributed by atoms with Crippen LogP contribution in [0.5, 0.6) is 0 Å². The van der Waals surface area contributed by atoms with Crippen molar-refractivity contribution in [2.75, 3.05) is 6.54 Å². The van der Waals surface area contributed by atoms with Crippen LogP contribution in [0.3, 0.4) is 0 Å². The van der Waals surface area contributed by atoms with Gasteiger partial charge in [-0.25, -0.2) is 8.78 Å². The van der Waals surface area contributed by atoms with E-state index in [0.29, 0.717) is 12.0 Å². The molecule has 0 aliphatic heterocycles. The molecule has 23 heavy (non-hydrogen) atoms. The lowest BCUT2D eigenvalue weighted by Crippen LogP contribution is -2.37. The van der Waals surface area contributed by atoms with Gasteiger partial charge in [-0.15, -0.1) is 0 Å². The Hall–Kier alpha value is -2.24. The van der Waals surface area contributed by atoms with Gasteiger partial charge in [0.25, 0.3) is 0 Å². The number of hydrogen-bond donors (Lipinski definition) is 1. The highest BCUT2D eigenvalue weighted by Crippen LogP contribution is 2.22. The van der Waals surface area contributed by atoms with Gasteiger partial charge in [0.05, 0.1) is 6.42 Å². The van der Waals surface area contributed by atoms with Gasteiger partial charge < -0.3 is 10.0 Å². The molecule has 4 nitrogen and oxygen atoms in total. The predicted octanol–water partition coefficient (Wildman–Crippen LogP) is 3.12. The van der Waals surface area contributed by atoms with Crippen LogP contribution >= 0.6 is 0 Å². The number of rotatable bonds is 6. The molecule has 1 aromatic carbocycles. The Morgan fingerprint density at radius 2 is 2.00 bits per heavy atom. The van der Waals surface area contributed by atoms with E-state index in [-0.39, 0.29) is 31.3 Å². The monoisotopic (exact) mass is 323 g/mol. The zero-order valence-corrected chi connectivity index (χ0v) is 12.7. The fraction of sp³-hybridized carbons (Fsp3) is 0.412. The highest BCUT2D eigenvalue weighted by Gasteiger charge is 2.25. The first-order valence-electron chi connectivity index (χ1n) is 7.57. The van der Waals surface area contributed by atoms with Crippen LogP contribution in [0, 0.1) is 17.6 Å². The largest absolute Gasteiger partial charge is 0.481 e. The van der Waals surface area contributed by atoms with Crippen molar-refractivity contribution in [2.24, 2.45) is 5.92 Å². The van der Waals surface area contributed by atoms with E-state index in [1.54, 1.807) is 0 Å². The lowest BCUT2D eigenvalue weighted by atomic mass is 9.93. The summed E-state index contributed by atoms with van der Waals surface area (Å²) in [7, 11) is 0. The van der Waals surface area contributed by atoms with E-state index in [2.05, 4.69) is 0 Å². The molecule has 1 unspecified atom stereocenters. The number of benzene rings is 1. The Morgan fingerprint density at radius 1 is 1.22 bits per heavy atom. The van der Waals surface area contributed by atoms with E-state index in [4.69, 9.17) is 5.11 Å². The molecule has 1 N–H and O–H groups in total. The normalized spacial score (nSPS) is 17.0. The lowest BCUT2D eigenvalue weighted by molar-refractivity contribution is -0.140. The fourth-order valence-corrected chi connectivity index (χ4v) is 2.63. The molecule has 0 heterocycles. The van der Waals surface area contributed by atoms with Crippen molar-refractivity contribution in [3.8, 4) is 0 Å². The van der Waals surface area contributed by atoms with Crippen LogP contribution in [0.25, 0.3) is 0 Å². The SMILES string of the molecule is O=C(O)CCN(Cc1ccc(F)c(F)c1)C(=O)C1CC=CCC1. The number of aliphatic carboxylic acids is 1. The van der Waals surface area contributed by atoms with Gasteiger partial charge >= 0.3 is 5.97 Å². The number of halogens is 2. The zero-order valence-electron chi connectivity index (χ0n) is 12.7. The summed E-state index contributed by atoms with van der Waals surface area (Å²) >= 11 is 0. The number of nitrogens with zero attached hydrogens (tertiary/aromatic N) is 1. The summed E-state index contributed by atoms with van der Waals surface area (Å²) in [6, 6.07) is 3.45. The van der Waals surface area contributed by atoms with Crippen LogP contribution in [0.2, 0.25) is 0 Å². The summed E-state index contributed by atoms with van der Waals surface area (Å²) in [5.74, 6) is -3.25. The van der Waals surface area contributed by atoms with Crippen molar-refractivity contribution < 1.29 is 23.5 Å². The summed E-state index contributed by atoms with van der Waals surface area (Å²) in [5.41, 5.74) is 0.439. The van der Waals surface area contributed by atoms with Crippen LogP contribution in [0.1, 0.15) is 31.2 Å². The fourth-order valence-electron chi connectivity index (χ4n) is 2.63. The van der Waals surface area contributed by atoms with Crippen molar-refractivity contribution in [1.29, 1.82) is 0 Å². The first-order chi connectivity index (χ1) is 11.0. The van der Waals surface area contributed by atoms with E-state index in [9.17, 15) is 18.4 Å². The highest BCUT2D eigenvalue weighted by atomic mass is 19.2. The number of carboxylic acid groups (broad SMARTS) is 1. The highest BCUT2D eigenvalue weighted by molar-refractivity contribution is 5.79. The second-order valence-corrected chi connectivity index (χ2v) is 5.63. The maximum Gasteiger partial charge on any atom is 0.305 e. The molecular formula is C17H19F2NO3. The van der Waals surface area contributed by atoms with E-state index >= 15 is 0 Å². The van der Waals surface area contributed by atoms with Crippen molar-refractivity contribution in [2.45, 2.75) is 32.2 Å². The molecule has 0 saturated heterocycles. The minimum atomic E-state index is -1.00. The molecule has 2 rings (SSSR count). The number of amides is 1. The third-order valence-electron chi connectivity index (χ3n) is 3.88. The van der Waals surface area contributed by atoms with Crippen molar-refractivity contribution in [1.82, 2.24) is 4.90 Å². The number of hydrogen-bond acceptors (Lipinski definition) is 2. The summed E-state index contributed by atoms with van der Waals surface area (Å²) in [6.07, 6.45) is 5.93. The Balaban J connectivity index is 2.12. The van der Waals surface area contributed by atoms with Crippen LogP contribution in [0.15, 0.2) is 30.4 Å².